The Balaban J connectivity index is 2.80. The lowest BCUT2D eigenvalue weighted by Crippen LogP contribution is -2.18. The molecule has 1 amide bonds. The minimum absolute atomic E-state index is 0.362. The van der Waals surface area contributed by atoms with Crippen LogP contribution in [0.5, 0.6) is 0 Å². The van der Waals surface area contributed by atoms with Crippen LogP contribution in [0.25, 0.3) is 0 Å². The second-order valence-electron chi connectivity index (χ2n) is 4.50. The number of para-hydroxylation sites is 1. The number of hydrogen-bond donors (Lipinski definition) is 2. The van der Waals surface area contributed by atoms with Gasteiger partial charge in [-0.15, -0.1) is 0 Å². The topological polar surface area (TPSA) is 75.6 Å². The SMILES string of the molecule is CCCCOC(=O)Nc1ccccc1C(CC)C(=O)O. The van der Waals surface area contributed by atoms with E-state index in [1.807, 2.05) is 6.92 Å². The molecule has 1 rings (SSSR count). The van der Waals surface area contributed by atoms with Gasteiger partial charge in [-0.2, -0.15) is 0 Å². The van der Waals surface area contributed by atoms with Gasteiger partial charge in [0.2, 0.25) is 0 Å². The number of benzene rings is 1. The van der Waals surface area contributed by atoms with Crippen LogP contribution in [0.3, 0.4) is 0 Å². The van der Waals surface area contributed by atoms with Crippen LogP contribution in [0.15, 0.2) is 24.3 Å². The van der Waals surface area contributed by atoms with Gasteiger partial charge in [0.25, 0.3) is 0 Å². The summed E-state index contributed by atoms with van der Waals surface area (Å²) in [7, 11) is 0. The smallest absolute Gasteiger partial charge is 0.411 e. The lowest BCUT2D eigenvalue weighted by Gasteiger charge is -2.15. The van der Waals surface area contributed by atoms with Gasteiger partial charge < -0.3 is 9.84 Å². The fourth-order valence-corrected chi connectivity index (χ4v) is 1.90. The van der Waals surface area contributed by atoms with E-state index in [0.717, 1.165) is 12.8 Å². The van der Waals surface area contributed by atoms with Crippen molar-refractivity contribution < 1.29 is 19.4 Å². The van der Waals surface area contributed by atoms with Crippen molar-refractivity contribution in [1.29, 1.82) is 0 Å². The Hall–Kier alpha value is -2.04. The Bertz CT molecular complexity index is 459. The Kier molecular flexibility index (Phi) is 6.56. The quantitative estimate of drug-likeness (QED) is 0.747. The normalized spacial score (nSPS) is 11.7. The van der Waals surface area contributed by atoms with Crippen LogP contribution in [0.4, 0.5) is 10.5 Å². The second kappa shape index (κ2) is 8.19. The Labute approximate surface area is 118 Å². The predicted molar refractivity (Wildman–Crippen MR) is 77.0 cm³/mol. The van der Waals surface area contributed by atoms with Crippen molar-refractivity contribution in [2.75, 3.05) is 11.9 Å². The third-order valence-corrected chi connectivity index (χ3v) is 3.01. The highest BCUT2D eigenvalue weighted by Crippen LogP contribution is 2.27. The number of amides is 1. The number of aliphatic carboxylic acids is 1. The summed E-state index contributed by atoms with van der Waals surface area (Å²) in [5.41, 5.74) is 1.08. The maximum absolute atomic E-state index is 11.6. The van der Waals surface area contributed by atoms with Gasteiger partial charge in [0.15, 0.2) is 0 Å². The highest BCUT2D eigenvalue weighted by atomic mass is 16.5. The largest absolute Gasteiger partial charge is 0.481 e. The molecule has 2 N–H and O–H groups in total. The van der Waals surface area contributed by atoms with Gasteiger partial charge in [-0.05, 0) is 24.5 Å². The first-order valence-electron chi connectivity index (χ1n) is 6.85. The monoisotopic (exact) mass is 279 g/mol. The van der Waals surface area contributed by atoms with Crippen molar-refractivity contribution in [2.24, 2.45) is 0 Å². The van der Waals surface area contributed by atoms with E-state index >= 15 is 0 Å². The third-order valence-electron chi connectivity index (χ3n) is 3.01. The second-order valence-corrected chi connectivity index (χ2v) is 4.50. The number of carboxylic acids is 1. The van der Waals surface area contributed by atoms with Crippen LogP contribution in [-0.4, -0.2) is 23.8 Å². The van der Waals surface area contributed by atoms with Gasteiger partial charge in [-0.25, -0.2) is 4.79 Å². The first-order chi connectivity index (χ1) is 9.60. The summed E-state index contributed by atoms with van der Waals surface area (Å²) in [4.78, 5) is 22.9. The average Bonchev–Trinajstić information content (AvgIpc) is 2.41. The van der Waals surface area contributed by atoms with E-state index in [4.69, 9.17) is 4.74 Å². The molecule has 1 atom stereocenters. The summed E-state index contributed by atoms with van der Waals surface area (Å²) in [6.45, 7) is 4.17. The van der Waals surface area contributed by atoms with Crippen LogP contribution >= 0.6 is 0 Å². The first-order valence-corrected chi connectivity index (χ1v) is 6.85. The molecule has 5 heteroatoms. The molecule has 0 aromatic heterocycles. The van der Waals surface area contributed by atoms with Crippen molar-refractivity contribution in [3.05, 3.63) is 29.8 Å². The zero-order valence-electron chi connectivity index (χ0n) is 11.9. The number of ether oxygens (including phenoxy) is 1. The van der Waals surface area contributed by atoms with E-state index < -0.39 is 18.0 Å². The maximum Gasteiger partial charge on any atom is 0.411 e. The standard InChI is InChI=1S/C15H21NO4/c1-3-5-10-20-15(19)16-13-9-7-6-8-12(13)11(4-2)14(17)18/h6-9,11H,3-5,10H2,1-2H3,(H,16,19)(H,17,18). The number of carboxylic acid groups (broad SMARTS) is 1. The predicted octanol–water partition coefficient (Wildman–Crippen LogP) is 3.61. The van der Waals surface area contributed by atoms with Gasteiger partial charge in [0, 0.05) is 5.69 Å². The summed E-state index contributed by atoms with van der Waals surface area (Å²) in [5.74, 6) is -1.54. The van der Waals surface area contributed by atoms with Crippen LogP contribution in [-0.2, 0) is 9.53 Å². The van der Waals surface area contributed by atoms with Gasteiger partial charge >= 0.3 is 12.1 Å². The number of carbonyl (C=O) groups excluding carboxylic acids is 1. The first kappa shape index (κ1) is 16.0. The third kappa shape index (κ3) is 4.57. The molecule has 0 heterocycles. The number of carbonyl (C=O) groups is 2. The van der Waals surface area contributed by atoms with Crippen LogP contribution in [0.2, 0.25) is 0 Å². The molecule has 0 radical (unpaired) electrons. The molecule has 1 unspecified atom stereocenters. The molecule has 0 bridgehead atoms. The van der Waals surface area contributed by atoms with Gasteiger partial charge in [0.05, 0.1) is 12.5 Å². The molecule has 110 valence electrons. The van der Waals surface area contributed by atoms with E-state index in [2.05, 4.69) is 5.32 Å². The van der Waals surface area contributed by atoms with Crippen molar-refractivity contribution in [3.8, 4) is 0 Å². The van der Waals surface area contributed by atoms with Gasteiger partial charge in [-0.3, -0.25) is 10.1 Å². The number of hydrogen-bond acceptors (Lipinski definition) is 3. The molecular weight excluding hydrogens is 258 g/mol. The van der Waals surface area contributed by atoms with Crippen LogP contribution in [0, 0.1) is 0 Å². The lowest BCUT2D eigenvalue weighted by molar-refractivity contribution is -0.138. The molecule has 20 heavy (non-hydrogen) atoms. The molecule has 1 aromatic carbocycles. The molecule has 0 saturated carbocycles. The Morgan fingerprint density at radius 3 is 2.60 bits per heavy atom. The van der Waals surface area contributed by atoms with Crippen LogP contribution < -0.4 is 5.32 Å². The van der Waals surface area contributed by atoms with Crippen molar-refractivity contribution in [3.63, 3.8) is 0 Å². The zero-order valence-corrected chi connectivity index (χ0v) is 11.9. The van der Waals surface area contributed by atoms with Crippen molar-refractivity contribution >= 4 is 17.7 Å². The molecule has 0 spiro atoms. The number of unbranched alkanes of at least 4 members (excludes halogenated alkanes) is 1. The summed E-state index contributed by atoms with van der Waals surface area (Å²) in [6, 6.07) is 6.90. The van der Waals surface area contributed by atoms with E-state index in [9.17, 15) is 14.7 Å². The summed E-state index contributed by atoms with van der Waals surface area (Å²) in [5, 5.41) is 11.8. The molecule has 0 saturated heterocycles. The highest BCUT2D eigenvalue weighted by Gasteiger charge is 2.21. The fraction of sp³-hybridized carbons (Fsp3) is 0.467. The van der Waals surface area contributed by atoms with E-state index in [1.165, 1.54) is 0 Å². The minimum Gasteiger partial charge on any atom is -0.481 e. The van der Waals surface area contributed by atoms with Gasteiger partial charge in [0.1, 0.15) is 0 Å². The van der Waals surface area contributed by atoms with Crippen LogP contribution in [0.1, 0.15) is 44.6 Å². The van der Waals surface area contributed by atoms with E-state index in [1.54, 1.807) is 31.2 Å². The summed E-state index contributed by atoms with van der Waals surface area (Å²) >= 11 is 0. The zero-order chi connectivity index (χ0) is 15.0. The average molecular weight is 279 g/mol. The molecule has 0 fully saturated rings. The van der Waals surface area contributed by atoms with Crippen molar-refractivity contribution in [2.45, 2.75) is 39.0 Å². The van der Waals surface area contributed by atoms with Gasteiger partial charge in [-0.1, -0.05) is 38.5 Å². The summed E-state index contributed by atoms with van der Waals surface area (Å²) < 4.78 is 5.02. The van der Waals surface area contributed by atoms with E-state index in [0.29, 0.717) is 24.3 Å². The molecular formula is C15H21NO4. The van der Waals surface area contributed by atoms with Crippen molar-refractivity contribution in [1.82, 2.24) is 0 Å². The van der Waals surface area contributed by atoms with E-state index in [-0.39, 0.29) is 0 Å². The summed E-state index contributed by atoms with van der Waals surface area (Å²) in [6.07, 6.45) is 1.66. The molecule has 0 aliphatic rings. The molecule has 5 nitrogen and oxygen atoms in total. The molecule has 0 aliphatic heterocycles. The highest BCUT2D eigenvalue weighted by molar-refractivity contribution is 5.88. The number of rotatable bonds is 7. The Morgan fingerprint density at radius 2 is 2.00 bits per heavy atom. The number of nitrogens with one attached hydrogen (secondary N) is 1. The lowest BCUT2D eigenvalue weighted by atomic mass is 9.95. The molecule has 0 aliphatic carbocycles. The molecule has 1 aromatic rings. The fourth-order valence-electron chi connectivity index (χ4n) is 1.90. The maximum atomic E-state index is 11.6. The Morgan fingerprint density at radius 1 is 1.30 bits per heavy atom. The minimum atomic E-state index is -0.902. The number of anilines is 1.